The second kappa shape index (κ2) is 16.1. The molecule has 4 amide bonds. The highest BCUT2D eigenvalue weighted by Crippen LogP contribution is 2.46. The van der Waals surface area contributed by atoms with Gasteiger partial charge in [0.1, 0.15) is 29.2 Å². The van der Waals surface area contributed by atoms with Crippen molar-refractivity contribution in [3.8, 4) is 22.8 Å². The summed E-state index contributed by atoms with van der Waals surface area (Å²) in [4.78, 5) is 65.0. The van der Waals surface area contributed by atoms with Gasteiger partial charge in [0.15, 0.2) is 0 Å². The van der Waals surface area contributed by atoms with Crippen molar-refractivity contribution < 1.29 is 37.1 Å². The van der Waals surface area contributed by atoms with E-state index in [9.17, 15) is 27.6 Å². The molecule has 5 atom stereocenters. The SMILES string of the molecule is COc1ccc2c(O[C@@H]3C[C@H]4C(=O)N[C@]5(C(=O)NS(=O)(=O)C6CC6)C[C@H]5/C=C\CCCCC[C@@H](CC(=O)N5CCCC5)C(=O)N4C3)cc(-c3ccccc3)nc2c1. The quantitative estimate of drug-likeness (QED) is 0.287. The number of likely N-dealkylation sites (tertiary alicyclic amines) is 1. The van der Waals surface area contributed by atoms with Crippen LogP contribution in [0.1, 0.15) is 77.0 Å². The Balaban J connectivity index is 1.12. The van der Waals surface area contributed by atoms with Crippen LogP contribution in [0.3, 0.4) is 0 Å². The number of benzene rings is 2. The number of nitrogens with one attached hydrogen (secondary N) is 2. The largest absolute Gasteiger partial charge is 0.497 e. The van der Waals surface area contributed by atoms with E-state index in [0.29, 0.717) is 55.1 Å². The Morgan fingerprint density at radius 1 is 0.982 bits per heavy atom. The van der Waals surface area contributed by atoms with E-state index in [1.165, 1.54) is 4.90 Å². The van der Waals surface area contributed by atoms with Crippen molar-refractivity contribution in [2.45, 2.75) is 100.0 Å². The van der Waals surface area contributed by atoms with Gasteiger partial charge in [-0.15, -0.1) is 0 Å². The standard InChI is InChI=1S/C43H51N5O8S/c1-55-31-16-19-34-36(23-31)44-35(28-12-7-5-8-13-28)25-38(34)56-32-24-37-40(50)45-43(42(52)46-57(53,54)33-17-18-33)26-30(43)15-9-4-2-3-6-14-29(41(51)48(37)27-32)22-39(49)47-20-10-11-21-47/h5,7-9,12-13,15-16,19,23,25,29-30,32-33,37H,2-4,6,10-11,14,17-18,20-22,24,26-27H2,1H3,(H,45,50)(H,46,52)/b15-9-/t29-,30+,32+,37-,43+/m0/s1. The van der Waals surface area contributed by atoms with Gasteiger partial charge in [-0.1, -0.05) is 55.3 Å². The van der Waals surface area contributed by atoms with Gasteiger partial charge in [0, 0.05) is 60.8 Å². The summed E-state index contributed by atoms with van der Waals surface area (Å²) in [6.07, 6.45) is 10.2. The normalized spacial score (nSPS) is 27.4. The Hall–Kier alpha value is -4.98. The van der Waals surface area contributed by atoms with Crippen molar-refractivity contribution in [3.63, 3.8) is 0 Å². The van der Waals surface area contributed by atoms with Gasteiger partial charge in [-0.25, -0.2) is 13.4 Å². The van der Waals surface area contributed by atoms with Crippen LogP contribution in [-0.2, 0) is 29.2 Å². The molecule has 14 heteroatoms. The first-order valence-electron chi connectivity index (χ1n) is 20.4. The number of carbonyl (C=O) groups excluding carboxylic acids is 4. The molecule has 0 radical (unpaired) electrons. The van der Waals surface area contributed by atoms with Crippen LogP contribution in [0.2, 0.25) is 0 Å². The average Bonchev–Trinajstić information content (AvgIpc) is 4.07. The van der Waals surface area contributed by atoms with Gasteiger partial charge in [0.05, 0.1) is 30.1 Å². The Morgan fingerprint density at radius 2 is 1.77 bits per heavy atom. The van der Waals surface area contributed by atoms with Gasteiger partial charge in [0.2, 0.25) is 27.7 Å². The number of aromatic nitrogens is 1. The summed E-state index contributed by atoms with van der Waals surface area (Å²) >= 11 is 0. The molecular weight excluding hydrogens is 747 g/mol. The fourth-order valence-electron chi connectivity index (χ4n) is 8.62. The van der Waals surface area contributed by atoms with E-state index in [-0.39, 0.29) is 37.6 Å². The highest BCUT2D eigenvalue weighted by molar-refractivity contribution is 7.91. The summed E-state index contributed by atoms with van der Waals surface area (Å²) in [5.41, 5.74) is 0.733. The van der Waals surface area contributed by atoms with Gasteiger partial charge in [0.25, 0.3) is 5.91 Å². The fourth-order valence-corrected chi connectivity index (χ4v) is 9.99. The molecule has 2 aliphatic carbocycles. The van der Waals surface area contributed by atoms with Crippen molar-refractivity contribution in [1.29, 1.82) is 0 Å². The smallest absolute Gasteiger partial charge is 0.259 e. The number of pyridine rings is 1. The molecule has 4 fully saturated rings. The average molecular weight is 798 g/mol. The van der Waals surface area contributed by atoms with Crippen LogP contribution in [0.15, 0.2) is 66.7 Å². The van der Waals surface area contributed by atoms with Gasteiger partial charge >= 0.3 is 0 Å². The van der Waals surface area contributed by atoms with E-state index < -0.39 is 56.6 Å². The maximum Gasteiger partial charge on any atom is 0.259 e. The zero-order valence-electron chi connectivity index (χ0n) is 32.4. The molecule has 302 valence electrons. The summed E-state index contributed by atoms with van der Waals surface area (Å²) in [7, 11) is -2.29. The molecule has 3 aromatic rings. The van der Waals surface area contributed by atoms with Crippen molar-refractivity contribution in [2.24, 2.45) is 11.8 Å². The second-order valence-electron chi connectivity index (χ2n) is 16.2. The number of hydrogen-bond acceptors (Lipinski definition) is 9. The fraction of sp³-hybridized carbons (Fsp3) is 0.512. The molecule has 3 aliphatic heterocycles. The van der Waals surface area contributed by atoms with Crippen LogP contribution in [0.5, 0.6) is 11.5 Å². The summed E-state index contributed by atoms with van der Waals surface area (Å²) in [6.45, 7) is 1.43. The lowest BCUT2D eigenvalue weighted by molar-refractivity contribution is -0.145. The monoisotopic (exact) mass is 797 g/mol. The lowest BCUT2D eigenvalue weighted by Gasteiger charge is -2.30. The molecule has 2 saturated carbocycles. The molecule has 4 heterocycles. The minimum Gasteiger partial charge on any atom is -0.497 e. The number of fused-ring (bicyclic) bond motifs is 3. The first-order chi connectivity index (χ1) is 27.5. The first-order valence-corrected chi connectivity index (χ1v) is 21.9. The van der Waals surface area contributed by atoms with E-state index in [4.69, 9.17) is 14.5 Å². The predicted molar refractivity (Wildman–Crippen MR) is 213 cm³/mol. The van der Waals surface area contributed by atoms with E-state index in [1.54, 1.807) is 7.11 Å². The van der Waals surface area contributed by atoms with Crippen molar-refractivity contribution in [1.82, 2.24) is 24.8 Å². The third-order valence-electron chi connectivity index (χ3n) is 12.2. The van der Waals surface area contributed by atoms with Gasteiger partial charge in [-0.3, -0.25) is 23.9 Å². The molecule has 2 N–H and O–H groups in total. The minimum atomic E-state index is -3.88. The highest BCUT2D eigenvalue weighted by atomic mass is 32.2. The number of ether oxygens (including phenoxy) is 2. The van der Waals surface area contributed by atoms with E-state index in [0.717, 1.165) is 49.5 Å². The topological polar surface area (TPSA) is 164 Å². The number of hydrogen-bond donors (Lipinski definition) is 2. The predicted octanol–water partition coefficient (Wildman–Crippen LogP) is 4.89. The van der Waals surface area contributed by atoms with Crippen LogP contribution in [-0.4, -0.2) is 96.5 Å². The van der Waals surface area contributed by atoms with E-state index in [2.05, 4.69) is 10.0 Å². The van der Waals surface area contributed by atoms with Crippen molar-refractivity contribution >= 4 is 44.6 Å². The maximum absolute atomic E-state index is 14.8. The molecule has 1 aromatic heterocycles. The zero-order chi connectivity index (χ0) is 39.7. The number of carbonyl (C=O) groups is 4. The zero-order valence-corrected chi connectivity index (χ0v) is 33.2. The van der Waals surface area contributed by atoms with Crippen LogP contribution in [0.25, 0.3) is 22.2 Å². The minimum absolute atomic E-state index is 0.0554. The molecule has 57 heavy (non-hydrogen) atoms. The second-order valence-corrected chi connectivity index (χ2v) is 18.2. The number of amides is 4. The molecular formula is C43H51N5O8S. The molecule has 0 bridgehead atoms. The summed E-state index contributed by atoms with van der Waals surface area (Å²) < 4.78 is 40.4. The molecule has 0 unspecified atom stereocenters. The van der Waals surface area contributed by atoms with Crippen molar-refractivity contribution in [2.75, 3.05) is 26.7 Å². The molecule has 2 saturated heterocycles. The number of rotatable bonds is 9. The Labute approximate surface area is 333 Å². The van der Waals surface area contributed by atoms with Crippen LogP contribution >= 0.6 is 0 Å². The van der Waals surface area contributed by atoms with Gasteiger partial charge < -0.3 is 24.6 Å². The van der Waals surface area contributed by atoms with Crippen molar-refractivity contribution in [3.05, 3.63) is 66.7 Å². The number of sulfonamides is 1. The van der Waals surface area contributed by atoms with Gasteiger partial charge in [-0.05, 0) is 63.5 Å². The van der Waals surface area contributed by atoms with Crippen LogP contribution in [0.4, 0.5) is 0 Å². The Bertz CT molecular complexity index is 2170. The molecule has 5 aliphatic rings. The number of allylic oxidation sites excluding steroid dienone is 1. The summed E-state index contributed by atoms with van der Waals surface area (Å²) in [5, 5.41) is 3.07. The third kappa shape index (κ3) is 8.37. The summed E-state index contributed by atoms with van der Waals surface area (Å²) in [6, 6.07) is 16.1. The van der Waals surface area contributed by atoms with E-state index in [1.807, 2.05) is 71.6 Å². The Morgan fingerprint density at radius 3 is 2.53 bits per heavy atom. The summed E-state index contributed by atoms with van der Waals surface area (Å²) in [5.74, 6) is -1.55. The third-order valence-corrected chi connectivity index (χ3v) is 14.0. The number of nitrogens with zero attached hydrogens (tertiary/aromatic N) is 3. The number of methoxy groups -OCH3 is 1. The van der Waals surface area contributed by atoms with Gasteiger partial charge in [-0.2, -0.15) is 0 Å². The van der Waals surface area contributed by atoms with E-state index >= 15 is 0 Å². The molecule has 13 nitrogen and oxygen atoms in total. The molecule has 2 aromatic carbocycles. The lowest BCUT2D eigenvalue weighted by atomic mass is 9.94. The highest BCUT2D eigenvalue weighted by Gasteiger charge is 2.62. The van der Waals surface area contributed by atoms with Crippen LogP contribution < -0.4 is 19.5 Å². The van der Waals surface area contributed by atoms with Crippen LogP contribution in [0, 0.1) is 11.8 Å². The Kier molecular flexibility index (Phi) is 11.0. The lowest BCUT2D eigenvalue weighted by Crippen LogP contribution is -2.57. The first kappa shape index (κ1) is 38.9. The molecule has 0 spiro atoms. The maximum atomic E-state index is 14.8. The molecule has 8 rings (SSSR count).